The van der Waals surface area contributed by atoms with Crippen LogP contribution in [-0.2, 0) is 14.2 Å². The molecule has 2 saturated heterocycles. The minimum atomic E-state index is 0.0330. The molecule has 8 saturated carbocycles. The fraction of sp³-hybridized carbons (Fsp3) is 1.00. The third-order valence-electron chi connectivity index (χ3n) is 11.5. The number of rotatable bonds is 1. The van der Waals surface area contributed by atoms with E-state index in [4.69, 9.17) is 14.2 Å². The molecular weight excluding hydrogens is 300 g/mol. The largest absolute Gasteiger partial charge is 0.374 e. The zero-order valence-electron chi connectivity index (χ0n) is 14.2. The minimum Gasteiger partial charge on any atom is -0.374 e. The first-order valence-electron chi connectivity index (χ1n) is 10.7. The molecule has 0 unspecified atom stereocenters. The van der Waals surface area contributed by atoms with E-state index in [-0.39, 0.29) is 11.7 Å². The van der Waals surface area contributed by atoms with E-state index in [1.807, 2.05) is 7.11 Å². The van der Waals surface area contributed by atoms with E-state index in [2.05, 4.69) is 0 Å². The molecule has 0 aromatic rings. The lowest BCUT2D eigenvalue weighted by atomic mass is 9.53. The van der Waals surface area contributed by atoms with E-state index < -0.39 is 0 Å². The Morgan fingerprint density at radius 2 is 1.50 bits per heavy atom. The fourth-order valence-corrected chi connectivity index (χ4v) is 12.2. The van der Waals surface area contributed by atoms with Crippen LogP contribution in [0.1, 0.15) is 25.7 Å². The summed E-state index contributed by atoms with van der Waals surface area (Å²) in [7, 11) is 1.92. The lowest BCUT2D eigenvalue weighted by Crippen LogP contribution is -2.66. The smallest absolute Gasteiger partial charge is 0.166 e. The van der Waals surface area contributed by atoms with E-state index in [0.717, 1.165) is 65.1 Å². The second-order valence-corrected chi connectivity index (χ2v) is 10.9. The molecule has 24 heavy (non-hydrogen) atoms. The predicted molar refractivity (Wildman–Crippen MR) is 83.6 cm³/mol. The van der Waals surface area contributed by atoms with Crippen molar-refractivity contribution < 1.29 is 14.2 Å². The molecule has 10 aliphatic rings. The average Bonchev–Trinajstić information content (AvgIpc) is 3.33. The predicted octanol–water partition coefficient (Wildman–Crippen LogP) is 2.55. The summed E-state index contributed by atoms with van der Waals surface area (Å²) in [6.07, 6.45) is 7.15. The summed E-state index contributed by atoms with van der Waals surface area (Å²) in [6, 6.07) is 0. The Balaban J connectivity index is 1.41. The molecule has 16 atom stereocenters. The topological polar surface area (TPSA) is 27.7 Å². The summed E-state index contributed by atoms with van der Waals surface area (Å²) in [5, 5.41) is 0. The van der Waals surface area contributed by atoms with Crippen LogP contribution in [-0.4, -0.2) is 31.7 Å². The third kappa shape index (κ3) is 0.820. The number of hydrogen-bond donors (Lipinski definition) is 0. The van der Waals surface area contributed by atoms with Crippen molar-refractivity contribution in [1.29, 1.82) is 0 Å². The Morgan fingerprint density at radius 1 is 0.708 bits per heavy atom. The van der Waals surface area contributed by atoms with Crippen LogP contribution in [0.5, 0.6) is 0 Å². The van der Waals surface area contributed by atoms with Gasteiger partial charge in [-0.2, -0.15) is 0 Å². The normalized spacial score (nSPS) is 82.1. The van der Waals surface area contributed by atoms with E-state index >= 15 is 0 Å². The standard InChI is InChI=1S/C21H26O3/c1-22-20-21-17-7-3-5-8-10(7)13-15(17)14-12(16(13)19(21)23-8)6-2-4-9(24-20)11(6)18(14)21/h6-20H,2-5H2,1H3/t6-,7+,8+,9-,10+,11+,12-,13+,14+,15+,16-,17+,18-,19-,20+,21+/m0/s1. The highest BCUT2D eigenvalue weighted by atomic mass is 16.7. The van der Waals surface area contributed by atoms with Gasteiger partial charge in [-0.3, -0.25) is 0 Å². The number of hydrogen-bond acceptors (Lipinski definition) is 3. The van der Waals surface area contributed by atoms with Gasteiger partial charge in [0, 0.05) is 7.11 Å². The molecule has 0 N–H and O–H groups in total. The molecule has 0 aromatic heterocycles. The van der Waals surface area contributed by atoms with Crippen molar-refractivity contribution in [3.63, 3.8) is 0 Å². The maximum atomic E-state index is 7.02. The minimum absolute atomic E-state index is 0.0330. The molecule has 128 valence electrons. The van der Waals surface area contributed by atoms with Gasteiger partial charge in [-0.1, -0.05) is 0 Å². The first-order chi connectivity index (χ1) is 11.9. The van der Waals surface area contributed by atoms with Gasteiger partial charge in [0.05, 0.1) is 23.7 Å². The molecule has 1 spiro atoms. The molecule has 2 heterocycles. The van der Waals surface area contributed by atoms with Crippen LogP contribution in [0, 0.1) is 70.5 Å². The zero-order chi connectivity index (χ0) is 15.1. The van der Waals surface area contributed by atoms with Crippen molar-refractivity contribution in [2.24, 2.45) is 70.5 Å². The second kappa shape index (κ2) is 3.27. The van der Waals surface area contributed by atoms with Crippen molar-refractivity contribution in [1.82, 2.24) is 0 Å². The first-order valence-corrected chi connectivity index (χ1v) is 10.7. The van der Waals surface area contributed by atoms with Crippen molar-refractivity contribution in [3.8, 4) is 0 Å². The molecule has 2 aliphatic heterocycles. The van der Waals surface area contributed by atoms with Gasteiger partial charge in [0.2, 0.25) is 0 Å². The Bertz CT molecular complexity index is 693. The van der Waals surface area contributed by atoms with E-state index in [9.17, 15) is 0 Å². The highest BCUT2D eigenvalue weighted by Gasteiger charge is 2.92. The van der Waals surface area contributed by atoms with Crippen LogP contribution in [0.2, 0.25) is 0 Å². The van der Waals surface area contributed by atoms with Crippen LogP contribution >= 0.6 is 0 Å². The van der Waals surface area contributed by atoms with Crippen molar-refractivity contribution in [2.75, 3.05) is 7.11 Å². The average molecular weight is 326 g/mol. The second-order valence-electron chi connectivity index (χ2n) is 10.9. The molecule has 8 aliphatic carbocycles. The summed E-state index contributed by atoms with van der Waals surface area (Å²) >= 11 is 0. The molecule has 9 bridgehead atoms. The Labute approximate surface area is 142 Å². The number of methoxy groups -OCH3 is 1. The molecule has 0 amide bonds. The van der Waals surface area contributed by atoms with Crippen LogP contribution in [0.4, 0.5) is 0 Å². The maximum absolute atomic E-state index is 7.02. The van der Waals surface area contributed by atoms with Gasteiger partial charge < -0.3 is 14.2 Å². The van der Waals surface area contributed by atoms with Crippen molar-refractivity contribution in [2.45, 2.75) is 50.3 Å². The van der Waals surface area contributed by atoms with Gasteiger partial charge in [0.15, 0.2) is 6.29 Å². The van der Waals surface area contributed by atoms with Gasteiger partial charge in [0.25, 0.3) is 0 Å². The van der Waals surface area contributed by atoms with E-state index in [1.165, 1.54) is 25.7 Å². The molecule has 0 aromatic carbocycles. The summed E-state index contributed by atoms with van der Waals surface area (Å²) in [5.74, 6) is 10.5. The molecule has 10 fully saturated rings. The Hall–Kier alpha value is -0.120. The molecule has 10 rings (SSSR count). The quantitative estimate of drug-likeness (QED) is 0.741. The summed E-state index contributed by atoms with van der Waals surface area (Å²) < 4.78 is 20.0. The van der Waals surface area contributed by atoms with Crippen molar-refractivity contribution >= 4 is 0 Å². The lowest BCUT2D eigenvalue weighted by Gasteiger charge is -2.60. The monoisotopic (exact) mass is 326 g/mol. The Morgan fingerprint density at radius 3 is 2.38 bits per heavy atom. The highest BCUT2D eigenvalue weighted by molar-refractivity contribution is 5.38. The number of ether oxygens (including phenoxy) is 3. The van der Waals surface area contributed by atoms with Gasteiger partial charge in [-0.25, -0.2) is 0 Å². The van der Waals surface area contributed by atoms with E-state index in [1.54, 1.807) is 0 Å². The van der Waals surface area contributed by atoms with E-state index in [0.29, 0.717) is 18.3 Å². The van der Waals surface area contributed by atoms with Crippen molar-refractivity contribution in [3.05, 3.63) is 0 Å². The maximum Gasteiger partial charge on any atom is 0.166 e. The van der Waals surface area contributed by atoms with Gasteiger partial charge in [-0.15, -0.1) is 0 Å². The summed E-state index contributed by atoms with van der Waals surface area (Å²) in [5.41, 5.74) is 0.247. The fourth-order valence-electron chi connectivity index (χ4n) is 12.2. The van der Waals surface area contributed by atoms with Crippen LogP contribution < -0.4 is 0 Å². The molecule has 3 nitrogen and oxygen atoms in total. The Kier molecular flexibility index (Phi) is 1.68. The molecule has 0 radical (unpaired) electrons. The highest BCUT2D eigenvalue weighted by Crippen LogP contribution is 2.91. The van der Waals surface area contributed by atoms with Gasteiger partial charge in [-0.05, 0) is 90.8 Å². The zero-order valence-corrected chi connectivity index (χ0v) is 14.2. The van der Waals surface area contributed by atoms with Crippen LogP contribution in [0.25, 0.3) is 0 Å². The molecule has 3 heteroatoms. The first kappa shape index (κ1) is 12.3. The summed E-state index contributed by atoms with van der Waals surface area (Å²) in [6.45, 7) is 0. The van der Waals surface area contributed by atoms with Crippen LogP contribution in [0.15, 0.2) is 0 Å². The van der Waals surface area contributed by atoms with Gasteiger partial charge >= 0.3 is 0 Å². The van der Waals surface area contributed by atoms with Gasteiger partial charge in [0.1, 0.15) is 0 Å². The van der Waals surface area contributed by atoms with Crippen LogP contribution in [0.3, 0.4) is 0 Å². The SMILES string of the molecule is CO[C@@H]1O[C@H]2CC[C@@H]3[C@H]4[C@@H]5[C@H]6[C@@H]7[C@H]4[C@@H]4O[C@@H]8CC[C@H]([C@@H]78)[C@H]6[C@]14[C@H]5[C@H]32. The third-order valence-corrected chi connectivity index (χ3v) is 11.5. The lowest BCUT2D eigenvalue weighted by molar-refractivity contribution is -0.336. The molecular formula is C21H26O3. The summed E-state index contributed by atoms with van der Waals surface area (Å²) in [4.78, 5) is 0.